The van der Waals surface area contributed by atoms with E-state index in [9.17, 15) is 10.2 Å². The van der Waals surface area contributed by atoms with Gasteiger partial charge in [-0.1, -0.05) is 53.3 Å². The molecule has 0 amide bonds. The highest BCUT2D eigenvalue weighted by Gasteiger charge is 2.26. The average Bonchev–Trinajstić information content (AvgIpc) is 2.44. The van der Waals surface area contributed by atoms with Crippen LogP contribution in [0.1, 0.15) is 63.8 Å². The number of hydrogen-bond donors (Lipinski definition) is 2. The lowest BCUT2D eigenvalue weighted by atomic mass is 9.83. The largest absolute Gasteiger partial charge is 0.508 e. The van der Waals surface area contributed by atoms with Crippen LogP contribution in [0, 0.1) is 13.8 Å². The number of hydrogen-bond acceptors (Lipinski definition) is 3. The molecule has 2 nitrogen and oxygen atoms in total. The molecule has 0 aliphatic carbocycles. The summed E-state index contributed by atoms with van der Waals surface area (Å²) in [7, 11) is 0. The Morgan fingerprint density at radius 1 is 0.800 bits per heavy atom. The number of aryl methyl sites for hydroxylation is 1. The molecule has 0 bridgehead atoms. The highest BCUT2D eigenvalue weighted by atomic mass is 32.2. The summed E-state index contributed by atoms with van der Waals surface area (Å²) in [5.74, 6) is 0.680. The Bertz CT molecular complexity index is 793. The average molecular weight is 359 g/mol. The van der Waals surface area contributed by atoms with Crippen molar-refractivity contribution in [1.82, 2.24) is 0 Å². The normalized spacial score (nSPS) is 12.5. The van der Waals surface area contributed by atoms with Crippen molar-refractivity contribution in [3.8, 4) is 11.5 Å². The van der Waals surface area contributed by atoms with Crippen LogP contribution in [0.3, 0.4) is 0 Å². The maximum atomic E-state index is 10.4. The van der Waals surface area contributed by atoms with Gasteiger partial charge in [0.1, 0.15) is 11.5 Å². The van der Waals surface area contributed by atoms with Crippen LogP contribution in [0.15, 0.2) is 34.1 Å². The van der Waals surface area contributed by atoms with Crippen LogP contribution in [0.2, 0.25) is 0 Å². The molecular weight excluding hydrogens is 328 g/mol. The summed E-state index contributed by atoms with van der Waals surface area (Å²) in [6, 6.07) is 7.67. The molecule has 0 spiro atoms. The summed E-state index contributed by atoms with van der Waals surface area (Å²) in [4.78, 5) is 2.30. The van der Waals surface area contributed by atoms with Crippen LogP contribution in [-0.2, 0) is 10.8 Å². The van der Waals surface area contributed by atoms with E-state index in [4.69, 9.17) is 0 Å². The number of aromatic hydroxyl groups is 2. The SMILES string of the molecule is Cc1cc(Sc2ccc(O)cc2C(C)(C)C)c(C(C)(C)C)c(C)c1O. The van der Waals surface area contributed by atoms with Crippen molar-refractivity contribution >= 4 is 11.8 Å². The number of rotatable bonds is 2. The predicted molar refractivity (Wildman–Crippen MR) is 107 cm³/mol. The first-order chi connectivity index (χ1) is 11.3. The fourth-order valence-corrected chi connectivity index (χ4v) is 4.91. The first-order valence-corrected chi connectivity index (χ1v) is 9.49. The van der Waals surface area contributed by atoms with Crippen molar-refractivity contribution < 1.29 is 10.2 Å². The van der Waals surface area contributed by atoms with Gasteiger partial charge in [-0.25, -0.2) is 0 Å². The van der Waals surface area contributed by atoms with E-state index in [-0.39, 0.29) is 10.8 Å². The summed E-state index contributed by atoms with van der Waals surface area (Å²) < 4.78 is 0. The molecule has 25 heavy (non-hydrogen) atoms. The minimum atomic E-state index is -0.0730. The molecule has 0 unspecified atom stereocenters. The van der Waals surface area contributed by atoms with Gasteiger partial charge >= 0.3 is 0 Å². The Hall–Kier alpha value is -1.61. The number of phenolic OH excluding ortho intramolecular Hbond substituents is 2. The quantitative estimate of drug-likeness (QED) is 0.647. The second kappa shape index (κ2) is 6.60. The van der Waals surface area contributed by atoms with Crippen molar-refractivity contribution in [2.24, 2.45) is 0 Å². The molecule has 0 aliphatic rings. The molecule has 2 aromatic carbocycles. The molecule has 2 N–H and O–H groups in total. The zero-order valence-corrected chi connectivity index (χ0v) is 17.4. The first-order valence-electron chi connectivity index (χ1n) is 8.67. The maximum absolute atomic E-state index is 10.4. The molecule has 0 saturated heterocycles. The highest BCUT2D eigenvalue weighted by Crippen LogP contribution is 2.45. The third-order valence-electron chi connectivity index (χ3n) is 4.44. The van der Waals surface area contributed by atoms with Crippen molar-refractivity contribution in [3.05, 3.63) is 46.5 Å². The summed E-state index contributed by atoms with van der Waals surface area (Å²) in [6.07, 6.45) is 0. The van der Waals surface area contributed by atoms with Crippen LogP contribution in [0.25, 0.3) is 0 Å². The topological polar surface area (TPSA) is 40.5 Å². The van der Waals surface area contributed by atoms with Crippen LogP contribution in [0.4, 0.5) is 0 Å². The molecule has 0 fully saturated rings. The van der Waals surface area contributed by atoms with Gasteiger partial charge in [-0.05, 0) is 71.2 Å². The van der Waals surface area contributed by atoms with Gasteiger partial charge in [-0.3, -0.25) is 0 Å². The van der Waals surface area contributed by atoms with Crippen LogP contribution >= 0.6 is 11.8 Å². The fraction of sp³-hybridized carbons (Fsp3) is 0.455. The number of phenols is 2. The predicted octanol–water partition coefficient (Wildman–Crippen LogP) is 6.46. The standard InChI is InChI=1S/C22H30O2S/c1-13-11-18(19(22(6,7)8)14(2)20(13)24)25-17-10-9-15(23)12-16(17)21(3,4)5/h9-12,23-24H,1-8H3. The minimum absolute atomic E-state index is 0.0655. The zero-order chi connectivity index (χ0) is 19.2. The second-order valence-electron chi connectivity index (χ2n) is 8.82. The second-order valence-corrected chi connectivity index (χ2v) is 9.91. The van der Waals surface area contributed by atoms with Crippen molar-refractivity contribution in [1.29, 1.82) is 0 Å². The smallest absolute Gasteiger partial charge is 0.121 e. The third-order valence-corrected chi connectivity index (χ3v) is 5.56. The molecule has 0 aliphatic heterocycles. The summed E-state index contributed by atoms with van der Waals surface area (Å²) in [5, 5.41) is 20.4. The fourth-order valence-electron chi connectivity index (χ4n) is 3.26. The van der Waals surface area contributed by atoms with Gasteiger partial charge in [-0.2, -0.15) is 0 Å². The highest BCUT2D eigenvalue weighted by molar-refractivity contribution is 7.99. The zero-order valence-electron chi connectivity index (χ0n) is 16.6. The lowest BCUT2D eigenvalue weighted by Gasteiger charge is -2.28. The molecule has 2 aromatic rings. The Balaban J connectivity index is 2.67. The van der Waals surface area contributed by atoms with Gasteiger partial charge in [0, 0.05) is 9.79 Å². The van der Waals surface area contributed by atoms with E-state index in [1.807, 2.05) is 26.0 Å². The number of benzene rings is 2. The van der Waals surface area contributed by atoms with E-state index in [0.29, 0.717) is 11.5 Å². The lowest BCUT2D eigenvalue weighted by molar-refractivity contribution is 0.459. The molecule has 0 aromatic heterocycles. The molecule has 0 saturated carbocycles. The van der Waals surface area contributed by atoms with Gasteiger partial charge in [-0.15, -0.1) is 0 Å². The minimum Gasteiger partial charge on any atom is -0.508 e. The van der Waals surface area contributed by atoms with Crippen molar-refractivity contribution in [2.75, 3.05) is 0 Å². The molecule has 0 radical (unpaired) electrons. The van der Waals surface area contributed by atoms with E-state index in [0.717, 1.165) is 26.5 Å². The van der Waals surface area contributed by atoms with E-state index < -0.39 is 0 Å². The Morgan fingerprint density at radius 2 is 1.40 bits per heavy atom. The van der Waals surface area contributed by atoms with E-state index in [2.05, 4.69) is 47.6 Å². The maximum Gasteiger partial charge on any atom is 0.121 e. The van der Waals surface area contributed by atoms with E-state index >= 15 is 0 Å². The molecule has 136 valence electrons. The third kappa shape index (κ3) is 4.14. The molecular formula is C22H30O2S. The van der Waals surface area contributed by atoms with Crippen LogP contribution in [0.5, 0.6) is 11.5 Å². The monoisotopic (exact) mass is 358 g/mol. The summed E-state index contributed by atoms with van der Waals surface area (Å²) in [6.45, 7) is 16.9. The van der Waals surface area contributed by atoms with E-state index in [1.165, 1.54) is 5.56 Å². The summed E-state index contributed by atoms with van der Waals surface area (Å²) >= 11 is 1.72. The van der Waals surface area contributed by atoms with Crippen molar-refractivity contribution in [3.63, 3.8) is 0 Å². The van der Waals surface area contributed by atoms with Gasteiger partial charge in [0.05, 0.1) is 0 Å². The Morgan fingerprint density at radius 3 is 1.92 bits per heavy atom. The first kappa shape index (κ1) is 19.7. The van der Waals surface area contributed by atoms with Crippen LogP contribution < -0.4 is 0 Å². The van der Waals surface area contributed by atoms with Crippen LogP contribution in [-0.4, -0.2) is 10.2 Å². The van der Waals surface area contributed by atoms with Crippen molar-refractivity contribution in [2.45, 2.75) is 76.0 Å². The Kier molecular flexibility index (Phi) is 5.21. The van der Waals surface area contributed by atoms with Gasteiger partial charge in [0.2, 0.25) is 0 Å². The van der Waals surface area contributed by atoms with Gasteiger partial charge in [0.25, 0.3) is 0 Å². The molecule has 2 rings (SSSR count). The molecule has 0 atom stereocenters. The molecule has 3 heteroatoms. The van der Waals surface area contributed by atoms with Gasteiger partial charge < -0.3 is 10.2 Å². The van der Waals surface area contributed by atoms with Gasteiger partial charge in [0.15, 0.2) is 0 Å². The van der Waals surface area contributed by atoms with E-state index in [1.54, 1.807) is 17.8 Å². The Labute approximate surface area is 156 Å². The lowest BCUT2D eigenvalue weighted by Crippen LogP contribution is -2.16. The summed E-state index contributed by atoms with van der Waals surface area (Å²) in [5.41, 5.74) is 4.00. The molecule has 0 heterocycles.